The number of carboxylic acid groups (broad SMARTS) is 2. The molecule has 0 saturated heterocycles. The van der Waals surface area contributed by atoms with Crippen LogP contribution >= 0.6 is 49.6 Å². The molecular formula is C31H45Cl4N3O4. The molecule has 236 valence electrons. The number of halogens is 4. The van der Waals surface area contributed by atoms with Crippen molar-refractivity contribution >= 4 is 61.6 Å². The normalized spacial score (nSPS) is 9.98. The highest BCUT2D eigenvalue weighted by Crippen LogP contribution is 2.34. The van der Waals surface area contributed by atoms with Crippen molar-refractivity contribution in [3.8, 4) is 11.1 Å². The lowest BCUT2D eigenvalue weighted by atomic mass is 9.84. The molecule has 0 aliphatic carbocycles. The third-order valence-corrected chi connectivity index (χ3v) is 6.01. The summed E-state index contributed by atoms with van der Waals surface area (Å²) in [6.07, 6.45) is 5.51. The molecule has 0 amide bonds. The fourth-order valence-corrected chi connectivity index (χ4v) is 4.35. The van der Waals surface area contributed by atoms with Gasteiger partial charge in [-0.2, -0.15) is 0 Å². The number of nitrogens with two attached hydrogens (primary N) is 1. The number of nitrogens with zero attached hydrogens (tertiary/aromatic N) is 2. The Kier molecular flexibility index (Phi) is 21.5. The van der Waals surface area contributed by atoms with Gasteiger partial charge < -0.3 is 15.9 Å². The van der Waals surface area contributed by atoms with Crippen molar-refractivity contribution in [1.29, 1.82) is 0 Å². The van der Waals surface area contributed by atoms with Gasteiger partial charge in [0.05, 0.1) is 22.5 Å². The predicted molar refractivity (Wildman–Crippen MR) is 181 cm³/mol. The average Bonchev–Trinajstić information content (AvgIpc) is 2.84. The maximum atomic E-state index is 12.1. The highest BCUT2D eigenvalue weighted by molar-refractivity contribution is 5.98. The minimum atomic E-state index is -0.937. The van der Waals surface area contributed by atoms with Gasteiger partial charge in [0.1, 0.15) is 0 Å². The zero-order chi connectivity index (χ0) is 28.5. The molecule has 0 fully saturated rings. The van der Waals surface area contributed by atoms with Crippen LogP contribution in [0.3, 0.4) is 0 Å². The lowest BCUT2D eigenvalue weighted by Crippen LogP contribution is -2.19. The van der Waals surface area contributed by atoms with Crippen LogP contribution < -0.4 is 5.73 Å². The number of carboxylic acids is 2. The lowest BCUT2D eigenvalue weighted by molar-refractivity contribution is 0.0684. The molecule has 0 unspecified atom stereocenters. The van der Waals surface area contributed by atoms with Gasteiger partial charge in [-0.15, -0.1) is 49.6 Å². The SMILES string of the molecule is CCCc1nc(CC(C)(C)C)c(CN)c(-c2ccc(C)cc2)c1C(=O)O.CCCc1ncccc1C(=O)O.Cl.Cl.Cl.Cl. The maximum absolute atomic E-state index is 12.1. The van der Waals surface area contributed by atoms with Crippen LogP contribution in [0, 0.1) is 12.3 Å². The fraction of sp³-hybridized carbons (Fsp3) is 0.419. The molecule has 0 aliphatic heterocycles. The summed E-state index contributed by atoms with van der Waals surface area (Å²) >= 11 is 0. The number of pyridine rings is 2. The molecule has 0 radical (unpaired) electrons. The van der Waals surface area contributed by atoms with Gasteiger partial charge in [0, 0.05) is 24.0 Å². The van der Waals surface area contributed by atoms with Gasteiger partial charge in [0.2, 0.25) is 0 Å². The van der Waals surface area contributed by atoms with Crippen LogP contribution in [0.25, 0.3) is 11.1 Å². The Morgan fingerprint density at radius 2 is 1.38 bits per heavy atom. The van der Waals surface area contributed by atoms with Crippen LogP contribution in [0.4, 0.5) is 0 Å². The summed E-state index contributed by atoms with van der Waals surface area (Å²) in [6.45, 7) is 12.8. The quantitative estimate of drug-likeness (QED) is 0.211. The van der Waals surface area contributed by atoms with E-state index in [1.54, 1.807) is 18.3 Å². The van der Waals surface area contributed by atoms with Crippen LogP contribution in [-0.4, -0.2) is 32.1 Å². The minimum absolute atomic E-state index is 0. The Bertz CT molecular complexity index is 1260. The van der Waals surface area contributed by atoms with Crippen molar-refractivity contribution in [2.75, 3.05) is 0 Å². The highest BCUT2D eigenvalue weighted by atomic mass is 35.5. The number of aromatic nitrogens is 2. The van der Waals surface area contributed by atoms with Crippen molar-refractivity contribution in [2.45, 2.75) is 80.2 Å². The zero-order valence-electron chi connectivity index (χ0n) is 25.1. The number of hydrogen-bond donors (Lipinski definition) is 3. The summed E-state index contributed by atoms with van der Waals surface area (Å²) in [4.78, 5) is 31.6. The Balaban J connectivity index is -0.000000814. The Hall–Kier alpha value is -2.42. The second-order valence-corrected chi connectivity index (χ2v) is 10.6. The van der Waals surface area contributed by atoms with Crippen molar-refractivity contribution in [1.82, 2.24) is 9.97 Å². The molecule has 1 aromatic carbocycles. The minimum Gasteiger partial charge on any atom is -0.478 e. The highest BCUT2D eigenvalue weighted by Gasteiger charge is 2.26. The van der Waals surface area contributed by atoms with Gasteiger partial charge in [-0.3, -0.25) is 9.97 Å². The first kappa shape index (κ1) is 44.0. The lowest BCUT2D eigenvalue weighted by Gasteiger charge is -2.24. The van der Waals surface area contributed by atoms with Crippen LogP contribution in [0.15, 0.2) is 42.6 Å². The van der Waals surface area contributed by atoms with E-state index in [0.717, 1.165) is 53.6 Å². The molecule has 0 bridgehead atoms. The Labute approximate surface area is 274 Å². The van der Waals surface area contributed by atoms with Crippen molar-refractivity contribution in [3.63, 3.8) is 0 Å². The third kappa shape index (κ3) is 12.4. The standard InChI is InChI=1S/C22H30N2O2.C9H11NO2.4ClH/c1-6-7-17-20(21(25)26)19(15-10-8-14(2)9-11-15)16(13-23)18(24-17)12-22(3,4)5;1-2-4-8-7(9(11)12)5-3-6-10-8;;;;/h8-11H,6-7,12-13,23H2,1-5H3,(H,25,26);3,5-6H,2,4H2,1H3,(H,11,12);4*1H. The monoisotopic (exact) mass is 663 g/mol. The second kappa shape index (κ2) is 20.5. The molecule has 0 spiro atoms. The van der Waals surface area contributed by atoms with Crippen LogP contribution in [-0.2, 0) is 25.8 Å². The number of aromatic carboxylic acids is 2. The van der Waals surface area contributed by atoms with Gasteiger partial charge in [-0.1, -0.05) is 77.3 Å². The van der Waals surface area contributed by atoms with Crippen LogP contribution in [0.2, 0.25) is 0 Å². The molecule has 3 rings (SSSR count). The smallest absolute Gasteiger partial charge is 0.338 e. The molecule has 0 atom stereocenters. The zero-order valence-corrected chi connectivity index (χ0v) is 28.4. The van der Waals surface area contributed by atoms with E-state index in [2.05, 4.69) is 25.8 Å². The van der Waals surface area contributed by atoms with Crippen LogP contribution in [0.1, 0.15) is 96.4 Å². The molecule has 42 heavy (non-hydrogen) atoms. The molecule has 3 aromatic rings. The number of hydrogen-bond acceptors (Lipinski definition) is 5. The van der Waals surface area contributed by atoms with Gasteiger partial charge in [0.25, 0.3) is 0 Å². The summed E-state index contributed by atoms with van der Waals surface area (Å²) in [5.41, 5.74) is 12.6. The first-order chi connectivity index (χ1) is 17.9. The molecule has 11 heteroatoms. The first-order valence-electron chi connectivity index (χ1n) is 13.2. The number of carbonyl (C=O) groups is 2. The molecule has 0 saturated carbocycles. The second-order valence-electron chi connectivity index (χ2n) is 10.6. The van der Waals surface area contributed by atoms with Crippen molar-refractivity contribution < 1.29 is 19.8 Å². The number of rotatable bonds is 9. The number of benzene rings is 1. The van der Waals surface area contributed by atoms with Crippen molar-refractivity contribution in [2.24, 2.45) is 11.1 Å². The molecular weight excluding hydrogens is 620 g/mol. The van der Waals surface area contributed by atoms with Crippen molar-refractivity contribution in [3.05, 3.63) is 81.9 Å². The molecule has 2 aromatic heterocycles. The Morgan fingerprint density at radius 3 is 1.83 bits per heavy atom. The first-order valence-corrected chi connectivity index (χ1v) is 13.2. The van der Waals surface area contributed by atoms with E-state index >= 15 is 0 Å². The van der Waals surface area contributed by atoms with E-state index < -0.39 is 11.9 Å². The van der Waals surface area contributed by atoms with Gasteiger partial charge in [-0.05, 0) is 54.9 Å². The van der Waals surface area contributed by atoms with E-state index in [-0.39, 0.29) is 61.6 Å². The summed E-state index contributed by atoms with van der Waals surface area (Å²) in [6, 6.07) is 11.2. The molecule has 4 N–H and O–H groups in total. The average molecular weight is 666 g/mol. The fourth-order valence-electron chi connectivity index (χ4n) is 4.35. The van der Waals surface area contributed by atoms with Gasteiger partial charge >= 0.3 is 11.9 Å². The predicted octanol–water partition coefficient (Wildman–Crippen LogP) is 8.17. The van der Waals surface area contributed by atoms with E-state index in [1.165, 1.54) is 0 Å². The van der Waals surface area contributed by atoms with E-state index in [1.807, 2.05) is 45.0 Å². The summed E-state index contributed by atoms with van der Waals surface area (Å²) in [5.74, 6) is -1.83. The third-order valence-electron chi connectivity index (χ3n) is 6.01. The summed E-state index contributed by atoms with van der Waals surface area (Å²) < 4.78 is 0. The maximum Gasteiger partial charge on any atom is 0.338 e. The number of aryl methyl sites for hydroxylation is 3. The topological polar surface area (TPSA) is 126 Å². The van der Waals surface area contributed by atoms with E-state index in [0.29, 0.717) is 28.9 Å². The molecule has 7 nitrogen and oxygen atoms in total. The van der Waals surface area contributed by atoms with Gasteiger partial charge in [-0.25, -0.2) is 9.59 Å². The summed E-state index contributed by atoms with van der Waals surface area (Å²) in [5, 5.41) is 18.7. The van der Waals surface area contributed by atoms with Gasteiger partial charge in [0.15, 0.2) is 0 Å². The Morgan fingerprint density at radius 1 is 0.833 bits per heavy atom. The van der Waals surface area contributed by atoms with Crippen LogP contribution in [0.5, 0.6) is 0 Å². The van der Waals surface area contributed by atoms with E-state index in [9.17, 15) is 14.7 Å². The van der Waals surface area contributed by atoms with E-state index in [4.69, 9.17) is 15.8 Å². The summed E-state index contributed by atoms with van der Waals surface area (Å²) in [7, 11) is 0. The largest absolute Gasteiger partial charge is 0.478 e. The molecule has 0 aliphatic rings. The molecule has 2 heterocycles.